The van der Waals surface area contributed by atoms with Gasteiger partial charge in [-0.3, -0.25) is 9.59 Å². The second-order valence-corrected chi connectivity index (χ2v) is 5.04. The van der Waals surface area contributed by atoms with Crippen LogP contribution in [0.2, 0.25) is 0 Å². The summed E-state index contributed by atoms with van der Waals surface area (Å²) < 4.78 is 4.61. The Bertz CT molecular complexity index is 607. The predicted molar refractivity (Wildman–Crippen MR) is 80.7 cm³/mol. The van der Waals surface area contributed by atoms with E-state index in [9.17, 15) is 14.4 Å². The molecule has 1 heterocycles. The number of carbonyl (C=O) groups excluding carboxylic acids is 3. The van der Waals surface area contributed by atoms with Crippen LogP contribution < -0.4 is 5.73 Å². The van der Waals surface area contributed by atoms with Gasteiger partial charge in [-0.2, -0.15) is 0 Å². The molecule has 2 N–H and O–H groups in total. The molecule has 0 saturated carbocycles. The lowest BCUT2D eigenvalue weighted by atomic mass is 10.1. The Kier molecular flexibility index (Phi) is 4.93. The fourth-order valence-corrected chi connectivity index (χ4v) is 2.44. The van der Waals surface area contributed by atoms with Gasteiger partial charge < -0.3 is 15.4 Å². The SMILES string of the molecule is COC(=O)c1ccc(/C=C/C(=O)N2CCC[C@@H]2C(N)=O)cc1. The van der Waals surface area contributed by atoms with Crippen molar-refractivity contribution in [3.63, 3.8) is 0 Å². The zero-order valence-corrected chi connectivity index (χ0v) is 12.3. The fourth-order valence-electron chi connectivity index (χ4n) is 2.44. The van der Waals surface area contributed by atoms with E-state index in [-0.39, 0.29) is 5.91 Å². The third-order valence-corrected chi connectivity index (χ3v) is 3.61. The van der Waals surface area contributed by atoms with Crippen LogP contribution in [0.4, 0.5) is 0 Å². The summed E-state index contributed by atoms with van der Waals surface area (Å²) in [6, 6.07) is 6.16. The van der Waals surface area contributed by atoms with Crippen LogP contribution in [-0.2, 0) is 14.3 Å². The molecule has 0 unspecified atom stereocenters. The van der Waals surface area contributed by atoms with Gasteiger partial charge in [0.2, 0.25) is 11.8 Å². The van der Waals surface area contributed by atoms with Crippen LogP contribution in [0.15, 0.2) is 30.3 Å². The first kappa shape index (κ1) is 15.8. The second kappa shape index (κ2) is 6.89. The van der Waals surface area contributed by atoms with Gasteiger partial charge in [-0.1, -0.05) is 12.1 Å². The summed E-state index contributed by atoms with van der Waals surface area (Å²) in [5.41, 5.74) is 6.51. The standard InChI is InChI=1S/C16H18N2O4/c1-22-16(21)12-7-4-11(5-8-12)6-9-14(19)18-10-2-3-13(18)15(17)20/h4-9,13H,2-3,10H2,1H3,(H2,17,20)/b9-6+/t13-/m1/s1. The Labute approximate surface area is 128 Å². The average Bonchev–Trinajstić information content (AvgIpc) is 3.02. The van der Waals surface area contributed by atoms with Crippen LogP contribution in [0, 0.1) is 0 Å². The van der Waals surface area contributed by atoms with Gasteiger partial charge in [-0.25, -0.2) is 4.79 Å². The van der Waals surface area contributed by atoms with Gasteiger partial charge in [0, 0.05) is 12.6 Å². The summed E-state index contributed by atoms with van der Waals surface area (Å²) in [6.45, 7) is 0.540. The molecule has 1 aromatic carbocycles. The molecule has 0 spiro atoms. The minimum absolute atomic E-state index is 0.238. The molecule has 0 bridgehead atoms. The molecule has 2 rings (SSSR count). The molecular formula is C16H18N2O4. The van der Waals surface area contributed by atoms with Gasteiger partial charge >= 0.3 is 5.97 Å². The molecule has 6 heteroatoms. The van der Waals surface area contributed by atoms with Crippen LogP contribution in [0.3, 0.4) is 0 Å². The number of esters is 1. The van der Waals surface area contributed by atoms with E-state index in [2.05, 4.69) is 4.74 Å². The highest BCUT2D eigenvalue weighted by Crippen LogP contribution is 2.17. The van der Waals surface area contributed by atoms with E-state index in [1.54, 1.807) is 30.3 Å². The summed E-state index contributed by atoms with van der Waals surface area (Å²) in [7, 11) is 1.32. The average molecular weight is 302 g/mol. The topological polar surface area (TPSA) is 89.7 Å². The van der Waals surface area contributed by atoms with Crippen LogP contribution in [-0.4, -0.2) is 42.4 Å². The van der Waals surface area contributed by atoms with Gasteiger partial charge in [0.1, 0.15) is 6.04 Å². The zero-order valence-electron chi connectivity index (χ0n) is 12.3. The van der Waals surface area contributed by atoms with Gasteiger partial charge in [0.15, 0.2) is 0 Å². The van der Waals surface area contributed by atoms with E-state index >= 15 is 0 Å². The summed E-state index contributed by atoms with van der Waals surface area (Å²) in [5, 5.41) is 0. The number of methoxy groups -OCH3 is 1. The number of nitrogens with zero attached hydrogens (tertiary/aromatic N) is 1. The number of nitrogens with two attached hydrogens (primary N) is 1. The zero-order chi connectivity index (χ0) is 16.1. The molecule has 1 fully saturated rings. The highest BCUT2D eigenvalue weighted by Gasteiger charge is 2.31. The van der Waals surface area contributed by atoms with Crippen LogP contribution in [0.1, 0.15) is 28.8 Å². The fraction of sp³-hybridized carbons (Fsp3) is 0.312. The Hall–Kier alpha value is -2.63. The number of carbonyl (C=O) groups is 3. The Morgan fingerprint density at radius 3 is 2.55 bits per heavy atom. The Morgan fingerprint density at radius 2 is 1.95 bits per heavy atom. The molecule has 1 saturated heterocycles. The van der Waals surface area contributed by atoms with Gasteiger partial charge in [0.05, 0.1) is 12.7 Å². The van der Waals surface area contributed by atoms with Crippen molar-refractivity contribution < 1.29 is 19.1 Å². The molecule has 0 aromatic heterocycles. The highest BCUT2D eigenvalue weighted by molar-refractivity contribution is 5.96. The molecule has 2 amide bonds. The van der Waals surface area contributed by atoms with Crippen LogP contribution >= 0.6 is 0 Å². The van der Waals surface area contributed by atoms with E-state index in [0.717, 1.165) is 12.0 Å². The Morgan fingerprint density at radius 1 is 1.27 bits per heavy atom. The monoisotopic (exact) mass is 302 g/mol. The lowest BCUT2D eigenvalue weighted by Crippen LogP contribution is -2.42. The second-order valence-electron chi connectivity index (χ2n) is 5.04. The summed E-state index contributed by atoms with van der Waals surface area (Å²) in [5.74, 6) is -1.12. The molecule has 1 aliphatic heterocycles. The summed E-state index contributed by atoms with van der Waals surface area (Å²) in [4.78, 5) is 36.2. The first-order valence-corrected chi connectivity index (χ1v) is 6.99. The Balaban J connectivity index is 2.03. The highest BCUT2D eigenvalue weighted by atomic mass is 16.5. The number of rotatable bonds is 4. The predicted octanol–water partition coefficient (Wildman–Crippen LogP) is 0.963. The first-order chi connectivity index (χ1) is 10.5. The number of amides is 2. The molecule has 0 aliphatic carbocycles. The van der Waals surface area contributed by atoms with Crippen molar-refractivity contribution in [2.75, 3.05) is 13.7 Å². The third-order valence-electron chi connectivity index (χ3n) is 3.61. The van der Waals surface area contributed by atoms with Crippen molar-refractivity contribution in [3.05, 3.63) is 41.5 Å². The van der Waals surface area contributed by atoms with Crippen molar-refractivity contribution >= 4 is 23.9 Å². The number of benzene rings is 1. The van der Waals surface area contributed by atoms with Crippen LogP contribution in [0.5, 0.6) is 0 Å². The van der Waals surface area contributed by atoms with Crippen molar-refractivity contribution in [2.45, 2.75) is 18.9 Å². The number of hydrogen-bond acceptors (Lipinski definition) is 4. The molecular weight excluding hydrogens is 284 g/mol. The third kappa shape index (κ3) is 3.52. The van der Waals surface area contributed by atoms with Crippen molar-refractivity contribution in [3.8, 4) is 0 Å². The lowest BCUT2D eigenvalue weighted by Gasteiger charge is -2.20. The summed E-state index contributed by atoms with van der Waals surface area (Å²) >= 11 is 0. The minimum Gasteiger partial charge on any atom is -0.465 e. The minimum atomic E-state index is -0.515. The van der Waals surface area contributed by atoms with Gasteiger partial charge in [-0.15, -0.1) is 0 Å². The first-order valence-electron chi connectivity index (χ1n) is 6.99. The molecule has 0 radical (unpaired) electrons. The van der Waals surface area contributed by atoms with Crippen molar-refractivity contribution in [2.24, 2.45) is 5.73 Å². The van der Waals surface area contributed by atoms with E-state index < -0.39 is 17.9 Å². The molecule has 116 valence electrons. The maximum atomic E-state index is 12.1. The number of likely N-dealkylation sites (tertiary alicyclic amines) is 1. The molecule has 1 atom stereocenters. The largest absolute Gasteiger partial charge is 0.465 e. The smallest absolute Gasteiger partial charge is 0.337 e. The van der Waals surface area contributed by atoms with E-state index in [1.165, 1.54) is 18.1 Å². The maximum Gasteiger partial charge on any atom is 0.337 e. The number of ether oxygens (including phenoxy) is 1. The summed E-state index contributed by atoms with van der Waals surface area (Å²) in [6.07, 6.45) is 4.44. The van der Waals surface area contributed by atoms with Gasteiger partial charge in [0.25, 0.3) is 0 Å². The van der Waals surface area contributed by atoms with Crippen molar-refractivity contribution in [1.29, 1.82) is 0 Å². The number of primary amides is 1. The quantitative estimate of drug-likeness (QED) is 0.662. The number of hydrogen-bond donors (Lipinski definition) is 1. The van der Waals surface area contributed by atoms with Crippen molar-refractivity contribution in [1.82, 2.24) is 4.90 Å². The van der Waals surface area contributed by atoms with E-state index in [1.807, 2.05) is 0 Å². The maximum absolute atomic E-state index is 12.1. The molecule has 6 nitrogen and oxygen atoms in total. The molecule has 1 aliphatic rings. The van der Waals surface area contributed by atoms with E-state index in [0.29, 0.717) is 18.5 Å². The lowest BCUT2D eigenvalue weighted by molar-refractivity contribution is -0.133. The van der Waals surface area contributed by atoms with Crippen LogP contribution in [0.25, 0.3) is 6.08 Å². The van der Waals surface area contributed by atoms with E-state index in [4.69, 9.17) is 5.73 Å². The molecule has 22 heavy (non-hydrogen) atoms. The van der Waals surface area contributed by atoms with Gasteiger partial charge in [-0.05, 0) is 36.6 Å². The normalized spacial score (nSPS) is 17.7. The molecule has 1 aromatic rings.